The van der Waals surface area contributed by atoms with Gasteiger partial charge < -0.3 is 9.47 Å². The molecule has 0 saturated heterocycles. The first-order valence-corrected chi connectivity index (χ1v) is 9.08. The van der Waals surface area contributed by atoms with Crippen LogP contribution < -0.4 is 4.72 Å². The lowest BCUT2D eigenvalue weighted by Crippen LogP contribution is -2.39. The van der Waals surface area contributed by atoms with Crippen LogP contribution in [0.25, 0.3) is 0 Å². The fourth-order valence-electron chi connectivity index (χ4n) is 2.73. The van der Waals surface area contributed by atoms with E-state index in [1.165, 1.54) is 30.5 Å². The third-order valence-corrected chi connectivity index (χ3v) is 5.45. The van der Waals surface area contributed by atoms with Crippen molar-refractivity contribution < 1.29 is 17.6 Å². The van der Waals surface area contributed by atoms with Gasteiger partial charge in [0.1, 0.15) is 16.4 Å². The standard InChI is InChI=1S/C16H18FN3O3S/c1-3-19-6-7-20-10-13(9-15(20)16(19)21)24(22,23)18-14-5-4-12(17)8-11(14)2/h4-5,8-10,18H,3,6-7H2,1-2H3. The molecule has 1 amide bonds. The van der Waals surface area contributed by atoms with Gasteiger partial charge in [0.25, 0.3) is 15.9 Å². The lowest BCUT2D eigenvalue weighted by Gasteiger charge is -2.26. The number of aryl methyl sites for hydroxylation is 1. The van der Waals surface area contributed by atoms with Gasteiger partial charge in [0.15, 0.2) is 0 Å². The minimum atomic E-state index is -3.85. The maximum atomic E-state index is 13.1. The number of aromatic nitrogens is 1. The highest BCUT2D eigenvalue weighted by Crippen LogP contribution is 2.24. The van der Waals surface area contributed by atoms with Crippen LogP contribution in [0.4, 0.5) is 10.1 Å². The summed E-state index contributed by atoms with van der Waals surface area (Å²) in [6, 6.07) is 5.21. The number of amides is 1. The maximum Gasteiger partial charge on any atom is 0.270 e. The van der Waals surface area contributed by atoms with Crippen molar-refractivity contribution in [2.45, 2.75) is 25.3 Å². The van der Waals surface area contributed by atoms with E-state index in [-0.39, 0.29) is 10.8 Å². The highest BCUT2D eigenvalue weighted by Gasteiger charge is 2.27. The molecule has 6 nitrogen and oxygen atoms in total. The van der Waals surface area contributed by atoms with Crippen molar-refractivity contribution in [3.05, 3.63) is 47.5 Å². The number of halogens is 1. The van der Waals surface area contributed by atoms with Crippen LogP contribution >= 0.6 is 0 Å². The number of fused-ring (bicyclic) bond motifs is 1. The van der Waals surface area contributed by atoms with Crippen molar-refractivity contribution in [3.63, 3.8) is 0 Å². The van der Waals surface area contributed by atoms with Crippen molar-refractivity contribution in [1.29, 1.82) is 0 Å². The molecule has 2 aromatic rings. The molecule has 8 heteroatoms. The van der Waals surface area contributed by atoms with Crippen LogP contribution in [0.1, 0.15) is 23.0 Å². The largest absolute Gasteiger partial charge is 0.340 e. The topological polar surface area (TPSA) is 71.4 Å². The van der Waals surface area contributed by atoms with Crippen LogP contribution in [-0.2, 0) is 16.6 Å². The van der Waals surface area contributed by atoms with E-state index in [2.05, 4.69) is 4.72 Å². The number of likely N-dealkylation sites (N-methyl/N-ethyl adjacent to an activating group) is 1. The molecule has 0 atom stereocenters. The third-order valence-electron chi connectivity index (χ3n) is 4.11. The number of nitrogens with one attached hydrogen (secondary N) is 1. The van der Waals surface area contributed by atoms with Crippen LogP contribution in [0.2, 0.25) is 0 Å². The van der Waals surface area contributed by atoms with Crippen LogP contribution in [0, 0.1) is 12.7 Å². The molecular formula is C16H18FN3O3S. The van der Waals surface area contributed by atoms with Gasteiger partial charge in [-0.05, 0) is 43.7 Å². The lowest BCUT2D eigenvalue weighted by atomic mass is 10.2. The molecule has 0 spiro atoms. The number of anilines is 1. The number of nitrogens with zero attached hydrogens (tertiary/aromatic N) is 2. The Bertz CT molecular complexity index is 905. The predicted molar refractivity (Wildman–Crippen MR) is 88.0 cm³/mol. The molecule has 1 N–H and O–H groups in total. The summed E-state index contributed by atoms with van der Waals surface area (Å²) in [5, 5.41) is 0. The van der Waals surface area contributed by atoms with Crippen molar-refractivity contribution in [1.82, 2.24) is 9.47 Å². The van der Waals surface area contributed by atoms with E-state index in [9.17, 15) is 17.6 Å². The Morgan fingerprint density at radius 1 is 1.25 bits per heavy atom. The molecule has 0 radical (unpaired) electrons. The molecule has 24 heavy (non-hydrogen) atoms. The Kier molecular flexibility index (Phi) is 4.08. The monoisotopic (exact) mass is 351 g/mol. The van der Waals surface area contributed by atoms with Crippen LogP contribution in [-0.4, -0.2) is 36.9 Å². The SMILES string of the molecule is CCN1CCn2cc(S(=O)(=O)Nc3ccc(F)cc3C)cc2C1=O. The smallest absolute Gasteiger partial charge is 0.270 e. The van der Waals surface area contributed by atoms with E-state index in [0.29, 0.717) is 36.6 Å². The summed E-state index contributed by atoms with van der Waals surface area (Å²) in [5.74, 6) is -0.608. The van der Waals surface area contributed by atoms with Gasteiger partial charge in [0.2, 0.25) is 0 Å². The molecule has 1 aliphatic rings. The minimum Gasteiger partial charge on any atom is -0.340 e. The van der Waals surface area contributed by atoms with E-state index >= 15 is 0 Å². The van der Waals surface area contributed by atoms with Gasteiger partial charge in [-0.1, -0.05) is 0 Å². The highest BCUT2D eigenvalue weighted by atomic mass is 32.2. The van der Waals surface area contributed by atoms with Gasteiger partial charge >= 0.3 is 0 Å². The first-order valence-electron chi connectivity index (χ1n) is 7.60. The summed E-state index contributed by atoms with van der Waals surface area (Å²) in [4.78, 5) is 14.0. The number of rotatable bonds is 4. The van der Waals surface area contributed by atoms with Gasteiger partial charge in [-0.2, -0.15) is 0 Å². The minimum absolute atomic E-state index is 0.0209. The second-order valence-electron chi connectivity index (χ2n) is 5.70. The zero-order valence-electron chi connectivity index (χ0n) is 13.4. The molecule has 0 unspecified atom stereocenters. The first kappa shape index (κ1) is 16.5. The first-order chi connectivity index (χ1) is 11.3. The molecule has 1 aromatic carbocycles. The second-order valence-corrected chi connectivity index (χ2v) is 7.39. The fraction of sp³-hybridized carbons (Fsp3) is 0.312. The molecule has 2 heterocycles. The number of hydrogen-bond acceptors (Lipinski definition) is 3. The normalized spacial score (nSPS) is 14.6. The Morgan fingerprint density at radius 2 is 2.00 bits per heavy atom. The van der Waals surface area contributed by atoms with Gasteiger partial charge in [-0.15, -0.1) is 0 Å². The van der Waals surface area contributed by atoms with Crippen LogP contribution in [0.5, 0.6) is 0 Å². The molecule has 0 saturated carbocycles. The van der Waals surface area contributed by atoms with Crippen molar-refractivity contribution in [2.75, 3.05) is 17.8 Å². The summed E-state index contributed by atoms with van der Waals surface area (Å²) in [5.41, 5.74) is 1.15. The van der Waals surface area contributed by atoms with Gasteiger partial charge in [0, 0.05) is 25.8 Å². The Balaban J connectivity index is 1.93. The summed E-state index contributed by atoms with van der Waals surface area (Å²) < 4.78 is 42.4. The zero-order chi connectivity index (χ0) is 17.5. The van der Waals surface area contributed by atoms with Gasteiger partial charge in [-0.3, -0.25) is 9.52 Å². The van der Waals surface area contributed by atoms with E-state index < -0.39 is 15.8 Å². The summed E-state index contributed by atoms with van der Waals surface area (Å²) in [6.07, 6.45) is 1.46. The number of hydrogen-bond donors (Lipinski definition) is 1. The number of benzene rings is 1. The predicted octanol–water partition coefficient (Wildman–Crippen LogP) is 2.21. The Hall–Kier alpha value is -2.35. The second kappa shape index (κ2) is 5.94. The van der Waals surface area contributed by atoms with E-state index in [4.69, 9.17) is 0 Å². The van der Waals surface area contributed by atoms with Crippen molar-refractivity contribution >= 4 is 21.6 Å². The van der Waals surface area contributed by atoms with Gasteiger partial charge in [0.05, 0.1) is 5.69 Å². The van der Waals surface area contributed by atoms with Crippen LogP contribution in [0.3, 0.4) is 0 Å². The van der Waals surface area contributed by atoms with Crippen molar-refractivity contribution in [2.24, 2.45) is 0 Å². The van der Waals surface area contributed by atoms with E-state index in [1.54, 1.807) is 16.4 Å². The van der Waals surface area contributed by atoms with E-state index in [0.717, 1.165) is 0 Å². The fourth-order valence-corrected chi connectivity index (χ4v) is 3.90. The molecule has 1 aliphatic heterocycles. The molecule has 0 bridgehead atoms. The molecular weight excluding hydrogens is 333 g/mol. The average molecular weight is 351 g/mol. The number of carbonyl (C=O) groups is 1. The van der Waals surface area contributed by atoms with Crippen LogP contribution in [0.15, 0.2) is 35.4 Å². The number of carbonyl (C=O) groups excluding carboxylic acids is 1. The van der Waals surface area contributed by atoms with E-state index in [1.807, 2.05) is 6.92 Å². The summed E-state index contributed by atoms with van der Waals surface area (Å²) in [7, 11) is -3.85. The molecule has 0 fully saturated rings. The van der Waals surface area contributed by atoms with Crippen molar-refractivity contribution in [3.8, 4) is 0 Å². The summed E-state index contributed by atoms with van der Waals surface area (Å²) in [6.45, 7) is 5.20. The lowest BCUT2D eigenvalue weighted by molar-refractivity contribution is 0.0715. The van der Waals surface area contributed by atoms with Gasteiger partial charge in [-0.25, -0.2) is 12.8 Å². The molecule has 1 aromatic heterocycles. The average Bonchev–Trinajstić information content (AvgIpc) is 2.96. The summed E-state index contributed by atoms with van der Waals surface area (Å²) >= 11 is 0. The third kappa shape index (κ3) is 2.89. The quantitative estimate of drug-likeness (QED) is 0.918. The zero-order valence-corrected chi connectivity index (χ0v) is 14.2. The Labute approximate surface area is 139 Å². The molecule has 3 rings (SSSR count). The number of sulfonamides is 1. The molecule has 128 valence electrons. The maximum absolute atomic E-state index is 13.1. The molecule has 0 aliphatic carbocycles. The highest BCUT2D eigenvalue weighted by molar-refractivity contribution is 7.92. The Morgan fingerprint density at radius 3 is 2.67 bits per heavy atom.